The molecule has 27 heavy (non-hydrogen) atoms. The molecule has 0 spiro atoms. The van der Waals surface area contributed by atoms with Crippen LogP contribution in [0.5, 0.6) is 0 Å². The summed E-state index contributed by atoms with van der Waals surface area (Å²) < 4.78 is 16.1. The van der Waals surface area contributed by atoms with E-state index in [2.05, 4.69) is 25.7 Å². The zero-order valence-corrected chi connectivity index (χ0v) is 15.3. The van der Waals surface area contributed by atoms with Gasteiger partial charge in [-0.2, -0.15) is 15.1 Å². The van der Waals surface area contributed by atoms with Crippen LogP contribution in [0.15, 0.2) is 36.5 Å². The second-order valence-corrected chi connectivity index (χ2v) is 7.16. The normalized spacial score (nSPS) is 16.7. The summed E-state index contributed by atoms with van der Waals surface area (Å²) in [6, 6.07) is 9.68. The minimum absolute atomic E-state index is 0.183. The lowest BCUT2D eigenvalue weighted by atomic mass is 9.82. The van der Waals surface area contributed by atoms with Gasteiger partial charge in [0.05, 0.1) is 18.1 Å². The van der Waals surface area contributed by atoms with Gasteiger partial charge in [0.25, 0.3) is 0 Å². The predicted molar refractivity (Wildman–Crippen MR) is 104 cm³/mol. The molecule has 2 heterocycles. The smallest absolute Gasteiger partial charge is 0.226 e. The Morgan fingerprint density at radius 1 is 1.22 bits per heavy atom. The van der Waals surface area contributed by atoms with E-state index in [9.17, 15) is 4.39 Å². The second-order valence-electron chi connectivity index (χ2n) is 7.16. The van der Waals surface area contributed by atoms with Crippen molar-refractivity contribution in [2.24, 2.45) is 12.8 Å². The Hall–Kier alpha value is -2.74. The molecule has 0 amide bonds. The lowest BCUT2D eigenvalue weighted by Crippen LogP contribution is -2.39. The van der Waals surface area contributed by atoms with Crippen molar-refractivity contribution in [3.63, 3.8) is 0 Å². The number of halogens is 1. The van der Waals surface area contributed by atoms with Crippen molar-refractivity contribution < 1.29 is 4.39 Å². The highest BCUT2D eigenvalue weighted by atomic mass is 19.1. The van der Waals surface area contributed by atoms with E-state index in [1.54, 1.807) is 10.9 Å². The fourth-order valence-electron chi connectivity index (χ4n) is 3.23. The molecular formula is C19H24FN7. The summed E-state index contributed by atoms with van der Waals surface area (Å²) in [6.45, 7) is 0.733. The Balaban J connectivity index is 1.52. The standard InChI is InChI=1S/C19H24FN7/c1-27-17-14(10-24-27)16(23-12-19(20)8-5-9-19)25-18(26-17)22-11-15(21)13-6-3-2-4-7-13/h2-4,6-7,10,15H,5,8-9,11-12,21H2,1H3,(H2,22,23,25,26). The lowest BCUT2D eigenvalue weighted by molar-refractivity contribution is 0.0784. The molecule has 8 heteroatoms. The maximum absolute atomic E-state index is 14.4. The van der Waals surface area contributed by atoms with Crippen molar-refractivity contribution in [1.82, 2.24) is 19.7 Å². The largest absolute Gasteiger partial charge is 0.366 e. The first-order valence-electron chi connectivity index (χ1n) is 9.21. The van der Waals surface area contributed by atoms with Gasteiger partial charge in [-0.1, -0.05) is 30.3 Å². The Morgan fingerprint density at radius 3 is 2.70 bits per heavy atom. The summed E-state index contributed by atoms with van der Waals surface area (Å²) in [5.74, 6) is 1.04. The van der Waals surface area contributed by atoms with E-state index >= 15 is 0 Å². The first-order chi connectivity index (χ1) is 13.0. The van der Waals surface area contributed by atoms with Gasteiger partial charge in [-0.25, -0.2) is 4.39 Å². The van der Waals surface area contributed by atoms with Crippen molar-refractivity contribution in [3.8, 4) is 0 Å². The monoisotopic (exact) mass is 369 g/mol. The average Bonchev–Trinajstić information content (AvgIpc) is 3.04. The molecule has 1 aromatic carbocycles. The van der Waals surface area contributed by atoms with Crippen LogP contribution in [0, 0.1) is 0 Å². The van der Waals surface area contributed by atoms with Crippen LogP contribution in [-0.2, 0) is 7.05 Å². The average molecular weight is 369 g/mol. The Labute approximate surface area is 157 Å². The van der Waals surface area contributed by atoms with Crippen LogP contribution in [0.4, 0.5) is 16.2 Å². The number of nitrogens with zero attached hydrogens (tertiary/aromatic N) is 4. The zero-order chi connectivity index (χ0) is 18.9. The zero-order valence-electron chi connectivity index (χ0n) is 15.3. The maximum atomic E-state index is 14.4. The van der Waals surface area contributed by atoms with Gasteiger partial charge < -0.3 is 16.4 Å². The third-order valence-corrected chi connectivity index (χ3v) is 5.12. The number of hydrogen-bond acceptors (Lipinski definition) is 6. The summed E-state index contributed by atoms with van der Waals surface area (Å²) in [5.41, 5.74) is 6.83. The molecule has 1 saturated carbocycles. The van der Waals surface area contributed by atoms with Gasteiger partial charge in [0.15, 0.2) is 5.65 Å². The Kier molecular flexibility index (Phi) is 4.65. The molecule has 3 aromatic rings. The quantitative estimate of drug-likeness (QED) is 0.593. The molecule has 0 bridgehead atoms. The molecule has 1 fully saturated rings. The molecule has 1 aliphatic rings. The number of nitrogens with one attached hydrogen (secondary N) is 2. The number of fused-ring (bicyclic) bond motifs is 1. The van der Waals surface area contributed by atoms with E-state index in [0.29, 0.717) is 36.8 Å². The number of hydrogen-bond donors (Lipinski definition) is 3. The van der Waals surface area contributed by atoms with E-state index in [1.807, 2.05) is 37.4 Å². The Bertz CT molecular complexity index is 920. The molecular weight excluding hydrogens is 345 g/mol. The van der Waals surface area contributed by atoms with Crippen LogP contribution < -0.4 is 16.4 Å². The predicted octanol–water partition coefficient (Wildman–Crippen LogP) is 2.78. The van der Waals surface area contributed by atoms with Gasteiger partial charge in [-0.3, -0.25) is 4.68 Å². The molecule has 0 radical (unpaired) electrons. The van der Waals surface area contributed by atoms with Gasteiger partial charge in [0.1, 0.15) is 11.5 Å². The summed E-state index contributed by atoms with van der Waals surface area (Å²) in [5, 5.41) is 11.4. The van der Waals surface area contributed by atoms with Crippen LogP contribution in [0.2, 0.25) is 0 Å². The fourth-order valence-corrected chi connectivity index (χ4v) is 3.23. The first kappa shape index (κ1) is 17.7. The summed E-state index contributed by atoms with van der Waals surface area (Å²) in [4.78, 5) is 9.06. The second kappa shape index (κ2) is 7.11. The summed E-state index contributed by atoms with van der Waals surface area (Å²) >= 11 is 0. The number of alkyl halides is 1. The van der Waals surface area contributed by atoms with Gasteiger partial charge in [0.2, 0.25) is 5.95 Å². The third-order valence-electron chi connectivity index (χ3n) is 5.12. The molecule has 1 unspecified atom stereocenters. The van der Waals surface area contributed by atoms with Crippen LogP contribution in [0.25, 0.3) is 11.0 Å². The summed E-state index contributed by atoms with van der Waals surface area (Å²) in [7, 11) is 1.82. The van der Waals surface area contributed by atoms with Crippen molar-refractivity contribution in [2.45, 2.75) is 31.0 Å². The Morgan fingerprint density at radius 2 is 2.00 bits per heavy atom. The van der Waals surface area contributed by atoms with Gasteiger partial charge >= 0.3 is 0 Å². The number of anilines is 2. The highest BCUT2D eigenvalue weighted by Crippen LogP contribution is 2.36. The lowest BCUT2D eigenvalue weighted by Gasteiger charge is -2.34. The van der Waals surface area contributed by atoms with E-state index in [-0.39, 0.29) is 12.6 Å². The highest BCUT2D eigenvalue weighted by molar-refractivity contribution is 5.87. The number of rotatable bonds is 7. The van der Waals surface area contributed by atoms with Crippen molar-refractivity contribution >= 4 is 22.8 Å². The van der Waals surface area contributed by atoms with Crippen molar-refractivity contribution in [1.29, 1.82) is 0 Å². The van der Waals surface area contributed by atoms with E-state index in [0.717, 1.165) is 17.4 Å². The van der Waals surface area contributed by atoms with Gasteiger partial charge in [-0.15, -0.1) is 0 Å². The third kappa shape index (κ3) is 3.71. The molecule has 1 atom stereocenters. The first-order valence-corrected chi connectivity index (χ1v) is 9.21. The number of aryl methyl sites for hydroxylation is 1. The highest BCUT2D eigenvalue weighted by Gasteiger charge is 2.36. The molecule has 4 N–H and O–H groups in total. The number of benzene rings is 1. The molecule has 7 nitrogen and oxygen atoms in total. The van der Waals surface area contributed by atoms with Crippen LogP contribution in [-0.4, -0.2) is 38.5 Å². The topological polar surface area (TPSA) is 93.7 Å². The molecule has 1 aliphatic carbocycles. The molecule has 4 rings (SSSR count). The fraction of sp³-hybridized carbons (Fsp3) is 0.421. The molecule has 2 aromatic heterocycles. The maximum Gasteiger partial charge on any atom is 0.226 e. The minimum atomic E-state index is -1.14. The van der Waals surface area contributed by atoms with Gasteiger partial charge in [-0.05, 0) is 24.8 Å². The molecule has 0 saturated heterocycles. The molecule has 142 valence electrons. The van der Waals surface area contributed by atoms with Gasteiger partial charge in [0, 0.05) is 19.6 Å². The number of aromatic nitrogens is 4. The van der Waals surface area contributed by atoms with Crippen molar-refractivity contribution in [2.75, 3.05) is 23.7 Å². The molecule has 0 aliphatic heterocycles. The SMILES string of the molecule is Cn1ncc2c(NCC3(F)CCC3)nc(NCC(N)c3ccccc3)nc21. The summed E-state index contributed by atoms with van der Waals surface area (Å²) in [6.07, 6.45) is 3.83. The minimum Gasteiger partial charge on any atom is -0.366 e. The van der Waals surface area contributed by atoms with Crippen LogP contribution >= 0.6 is 0 Å². The van der Waals surface area contributed by atoms with E-state index < -0.39 is 5.67 Å². The van der Waals surface area contributed by atoms with Crippen molar-refractivity contribution in [3.05, 3.63) is 42.1 Å². The van der Waals surface area contributed by atoms with E-state index in [4.69, 9.17) is 5.73 Å². The van der Waals surface area contributed by atoms with Crippen LogP contribution in [0.3, 0.4) is 0 Å². The van der Waals surface area contributed by atoms with Crippen LogP contribution in [0.1, 0.15) is 30.9 Å². The number of nitrogens with two attached hydrogens (primary N) is 1. The van der Waals surface area contributed by atoms with E-state index in [1.165, 1.54) is 0 Å².